The zero-order valence-electron chi connectivity index (χ0n) is 19.4. The third-order valence-electron chi connectivity index (χ3n) is 6.75. The number of hydrogen-bond donors (Lipinski definition) is 2. The van der Waals surface area contributed by atoms with E-state index in [1.807, 2.05) is 30.5 Å². The number of rotatable bonds is 4. The molecule has 0 spiro atoms. The van der Waals surface area contributed by atoms with Crippen molar-refractivity contribution in [1.29, 1.82) is 0 Å². The van der Waals surface area contributed by atoms with Crippen LogP contribution < -0.4 is 36.5 Å². The van der Waals surface area contributed by atoms with Gasteiger partial charge < -0.3 is 37.0 Å². The average molecular weight is 520 g/mol. The van der Waals surface area contributed by atoms with Crippen LogP contribution in [0.1, 0.15) is 11.1 Å². The number of halogens is 1. The van der Waals surface area contributed by atoms with Crippen molar-refractivity contribution in [2.45, 2.75) is 19.5 Å². The molecule has 2 aromatic heterocycles. The van der Waals surface area contributed by atoms with Crippen molar-refractivity contribution in [3.05, 3.63) is 65.9 Å². The van der Waals surface area contributed by atoms with Crippen molar-refractivity contribution in [2.75, 3.05) is 19.2 Å². The molecule has 182 valence electrons. The molecule has 0 saturated heterocycles. The highest BCUT2D eigenvalue weighted by Gasteiger charge is 2.29. The van der Waals surface area contributed by atoms with Gasteiger partial charge in [0.05, 0.1) is 28.3 Å². The largest absolute Gasteiger partial charge is 1.00 e. The van der Waals surface area contributed by atoms with Gasteiger partial charge in [0.15, 0.2) is 40.9 Å². The molecule has 9 heteroatoms. The van der Waals surface area contributed by atoms with E-state index in [4.69, 9.17) is 19.2 Å². The Hall–Kier alpha value is -3.75. The monoisotopic (exact) mass is 519 g/mol. The molecule has 0 unspecified atom stereocenters. The quantitative estimate of drug-likeness (QED) is 0.354. The highest BCUT2D eigenvalue weighted by molar-refractivity contribution is 7.22. The molecular weight excluding hydrogens is 498 g/mol. The lowest BCUT2D eigenvalue weighted by atomic mass is 9.94. The van der Waals surface area contributed by atoms with Gasteiger partial charge >= 0.3 is 0 Å². The minimum Gasteiger partial charge on any atom is -1.00 e. The molecule has 7 rings (SSSR count). The van der Waals surface area contributed by atoms with Crippen LogP contribution in [0.4, 0.5) is 5.13 Å². The summed E-state index contributed by atoms with van der Waals surface area (Å²) in [4.78, 5) is 4.70. The number of aromatic hydroxyl groups is 1. The molecule has 0 aliphatic carbocycles. The van der Waals surface area contributed by atoms with Gasteiger partial charge in [-0.05, 0) is 41.5 Å². The van der Waals surface area contributed by atoms with E-state index in [9.17, 15) is 5.11 Å². The van der Waals surface area contributed by atoms with E-state index in [2.05, 4.69) is 34.1 Å². The third-order valence-corrected chi connectivity index (χ3v) is 7.74. The second-order valence-electron chi connectivity index (χ2n) is 8.72. The van der Waals surface area contributed by atoms with E-state index < -0.39 is 0 Å². The van der Waals surface area contributed by atoms with Crippen molar-refractivity contribution in [2.24, 2.45) is 0 Å². The van der Waals surface area contributed by atoms with Gasteiger partial charge in [-0.2, -0.15) is 4.57 Å². The minimum atomic E-state index is 0. The Morgan fingerprint density at radius 1 is 1.11 bits per heavy atom. The zero-order chi connectivity index (χ0) is 23.5. The second kappa shape index (κ2) is 8.72. The Bertz CT molecular complexity index is 1620. The van der Waals surface area contributed by atoms with Crippen LogP contribution in [-0.4, -0.2) is 24.0 Å². The van der Waals surface area contributed by atoms with Gasteiger partial charge in [0, 0.05) is 24.4 Å². The van der Waals surface area contributed by atoms with Crippen molar-refractivity contribution in [3.63, 3.8) is 0 Å². The summed E-state index contributed by atoms with van der Waals surface area (Å²) in [7, 11) is 1.58. The van der Waals surface area contributed by atoms with E-state index in [-0.39, 0.29) is 24.9 Å². The molecule has 2 aliphatic heterocycles. The molecule has 0 fully saturated rings. The van der Waals surface area contributed by atoms with Gasteiger partial charge in [-0.15, -0.1) is 0 Å². The van der Waals surface area contributed by atoms with E-state index in [1.54, 1.807) is 18.4 Å². The number of nitrogens with zero attached hydrogens (tertiary/aromatic N) is 2. The molecule has 7 nitrogen and oxygen atoms in total. The molecular formula is C27H22ClN3O4S. The molecule has 3 aromatic carbocycles. The van der Waals surface area contributed by atoms with Crippen LogP contribution in [0, 0.1) is 0 Å². The van der Waals surface area contributed by atoms with Crippen molar-refractivity contribution in [3.8, 4) is 34.3 Å². The van der Waals surface area contributed by atoms with E-state index in [0.29, 0.717) is 12.3 Å². The first kappa shape index (κ1) is 22.7. The fourth-order valence-corrected chi connectivity index (χ4v) is 5.85. The molecule has 5 aromatic rings. The SMILES string of the molecule is COc1cc(CNc2nc3ccccc3s2)c2cc3[n+](cc2c1O)CCc1cc2c(cc1-3)OCO2.[Cl-]. The molecule has 0 atom stereocenters. The van der Waals surface area contributed by atoms with Crippen LogP contribution in [0.3, 0.4) is 0 Å². The number of hydrogen-bond acceptors (Lipinski definition) is 7. The van der Waals surface area contributed by atoms with Gasteiger partial charge in [0.25, 0.3) is 0 Å². The Morgan fingerprint density at radius 2 is 1.94 bits per heavy atom. The Kier molecular flexibility index (Phi) is 5.50. The number of para-hydroxylation sites is 1. The first-order valence-corrected chi connectivity index (χ1v) is 12.3. The lowest BCUT2D eigenvalue weighted by Crippen LogP contribution is -3.00. The number of fused-ring (bicyclic) bond motifs is 6. The molecule has 0 bridgehead atoms. The maximum atomic E-state index is 11.0. The van der Waals surface area contributed by atoms with Crippen molar-refractivity contribution >= 4 is 37.5 Å². The lowest BCUT2D eigenvalue weighted by Gasteiger charge is -2.18. The topological polar surface area (TPSA) is 76.7 Å². The Labute approximate surface area is 217 Å². The number of aryl methyl sites for hydroxylation is 2. The Balaban J connectivity index is 0.00000240. The van der Waals surface area contributed by atoms with Crippen LogP contribution in [0.25, 0.3) is 32.2 Å². The fraction of sp³-hybridized carbons (Fsp3) is 0.185. The van der Waals surface area contributed by atoms with E-state index in [0.717, 1.165) is 67.4 Å². The first-order chi connectivity index (χ1) is 17.2. The second-order valence-corrected chi connectivity index (χ2v) is 9.75. The number of phenolic OH excluding ortho intramolecular Hbond substituents is 1. The van der Waals surface area contributed by atoms with E-state index in [1.165, 1.54) is 5.56 Å². The normalized spacial score (nSPS) is 13.2. The zero-order valence-corrected chi connectivity index (χ0v) is 20.9. The molecule has 0 radical (unpaired) electrons. The predicted molar refractivity (Wildman–Crippen MR) is 135 cm³/mol. The van der Waals surface area contributed by atoms with Crippen LogP contribution >= 0.6 is 11.3 Å². The molecule has 2 N–H and O–H groups in total. The van der Waals surface area contributed by atoms with Gasteiger partial charge in [0.2, 0.25) is 12.5 Å². The smallest absolute Gasteiger partial charge is 0.231 e. The highest BCUT2D eigenvalue weighted by atomic mass is 35.5. The van der Waals surface area contributed by atoms with Crippen LogP contribution in [0.15, 0.2) is 54.7 Å². The van der Waals surface area contributed by atoms with Crippen LogP contribution in [0.5, 0.6) is 23.0 Å². The lowest BCUT2D eigenvalue weighted by molar-refractivity contribution is -0.686. The number of phenols is 1. The number of anilines is 1. The number of benzene rings is 3. The fourth-order valence-electron chi connectivity index (χ4n) is 4.99. The summed E-state index contributed by atoms with van der Waals surface area (Å²) in [6, 6.07) is 16.3. The third kappa shape index (κ3) is 3.56. The summed E-state index contributed by atoms with van der Waals surface area (Å²) in [5, 5.41) is 17.0. The first-order valence-electron chi connectivity index (χ1n) is 11.5. The van der Waals surface area contributed by atoms with Crippen molar-refractivity contribution in [1.82, 2.24) is 4.98 Å². The number of methoxy groups -OCH3 is 1. The summed E-state index contributed by atoms with van der Waals surface area (Å²) < 4.78 is 20.1. The minimum absolute atomic E-state index is 0. The molecule has 0 saturated carbocycles. The summed E-state index contributed by atoms with van der Waals surface area (Å²) >= 11 is 1.63. The van der Waals surface area contributed by atoms with E-state index >= 15 is 0 Å². The summed E-state index contributed by atoms with van der Waals surface area (Å²) in [6.45, 7) is 1.61. The standard InChI is InChI=1S/C27H21N3O4S.ClH/c1-32-24-9-16(12-28-27-29-20-4-2-3-5-25(20)35-27)17-10-21-18-11-23-22(33-14-34-23)8-15(18)6-7-30(21)13-19(17)26(24)31;/h2-5,8-11,13H,6-7,12,14H2,1H3,(H,28,29);1H. The van der Waals surface area contributed by atoms with Gasteiger partial charge in [-0.25, -0.2) is 4.98 Å². The summed E-state index contributed by atoms with van der Waals surface area (Å²) in [5.74, 6) is 2.19. The summed E-state index contributed by atoms with van der Waals surface area (Å²) in [5.41, 5.74) is 5.45. The van der Waals surface area contributed by atoms with Crippen LogP contribution in [0.2, 0.25) is 0 Å². The number of thiazole rings is 1. The predicted octanol–water partition coefficient (Wildman–Crippen LogP) is 2.02. The highest BCUT2D eigenvalue weighted by Crippen LogP contribution is 2.42. The van der Waals surface area contributed by atoms with Gasteiger partial charge in [-0.1, -0.05) is 23.5 Å². The van der Waals surface area contributed by atoms with Crippen molar-refractivity contribution < 1.29 is 36.3 Å². The molecule has 0 amide bonds. The number of ether oxygens (including phenoxy) is 3. The van der Waals surface area contributed by atoms with Gasteiger partial charge in [0.1, 0.15) is 0 Å². The molecule has 2 aliphatic rings. The average Bonchev–Trinajstić information content (AvgIpc) is 3.52. The Morgan fingerprint density at radius 3 is 2.78 bits per heavy atom. The number of aromatic nitrogens is 2. The summed E-state index contributed by atoms with van der Waals surface area (Å²) in [6.07, 6.45) is 2.91. The molecule has 4 heterocycles. The van der Waals surface area contributed by atoms with Gasteiger partial charge in [-0.3, -0.25) is 0 Å². The van der Waals surface area contributed by atoms with Crippen LogP contribution in [-0.2, 0) is 19.5 Å². The number of pyridine rings is 1. The molecule has 36 heavy (non-hydrogen) atoms. The maximum absolute atomic E-state index is 11.0. The maximum Gasteiger partial charge on any atom is 0.231 e. The number of nitrogens with one attached hydrogen (secondary N) is 1.